The summed E-state index contributed by atoms with van der Waals surface area (Å²) >= 11 is 4.78. The average molecular weight is 125 g/mol. The lowest BCUT2D eigenvalue weighted by Gasteiger charge is -1.99. The maximum Gasteiger partial charge on any atom is 0.135 e. The molecule has 0 atom stereocenters. The van der Waals surface area contributed by atoms with Gasteiger partial charge in [0.15, 0.2) is 0 Å². The Kier molecular flexibility index (Phi) is 3.92. The Balaban J connectivity index is 2.81. The zero-order valence-corrected chi connectivity index (χ0v) is 4.22. The molecule has 0 aliphatic carbocycles. The molecule has 0 rings (SSSR count). The van der Waals surface area contributed by atoms with Gasteiger partial charge in [0.2, 0.25) is 0 Å². The second-order valence-corrected chi connectivity index (χ2v) is 1.11. The van der Waals surface area contributed by atoms with Gasteiger partial charge in [0.05, 0.1) is 6.54 Å². The van der Waals surface area contributed by atoms with Gasteiger partial charge in [-0.05, 0) is 4.69 Å². The van der Waals surface area contributed by atoms with Crippen LogP contribution in [0, 0.1) is 0 Å². The van der Waals surface area contributed by atoms with Gasteiger partial charge in [0.25, 0.3) is 0 Å². The summed E-state index contributed by atoms with van der Waals surface area (Å²) < 4.78 is 0.203. The van der Waals surface area contributed by atoms with Crippen molar-refractivity contribution in [1.29, 1.82) is 0 Å². The van der Waals surface area contributed by atoms with Gasteiger partial charge in [0, 0.05) is 11.8 Å². The molecule has 0 bridgehead atoms. The lowest BCUT2D eigenvalue weighted by molar-refractivity contribution is -0.110. The minimum atomic E-state index is 0.0139. The first-order valence-corrected chi connectivity index (χ1v) is 1.93. The van der Waals surface area contributed by atoms with E-state index in [1.54, 1.807) is 0 Å². The SMILES string of the molecule is O=CCNN(O)Cl. The van der Waals surface area contributed by atoms with E-state index < -0.39 is 0 Å². The lowest BCUT2D eigenvalue weighted by Crippen LogP contribution is -2.27. The van der Waals surface area contributed by atoms with E-state index in [9.17, 15) is 4.79 Å². The first kappa shape index (κ1) is 6.84. The van der Waals surface area contributed by atoms with Crippen LogP contribution in [0.1, 0.15) is 0 Å². The van der Waals surface area contributed by atoms with Crippen molar-refractivity contribution in [2.75, 3.05) is 6.54 Å². The number of hydrogen-bond donors (Lipinski definition) is 2. The summed E-state index contributed by atoms with van der Waals surface area (Å²) in [5.74, 6) is 0. The van der Waals surface area contributed by atoms with Crippen LogP contribution in [0.5, 0.6) is 0 Å². The second-order valence-electron chi connectivity index (χ2n) is 0.789. The normalized spacial score (nSPS) is 9.57. The van der Waals surface area contributed by atoms with Crippen LogP contribution >= 0.6 is 11.8 Å². The monoisotopic (exact) mass is 124 g/mol. The van der Waals surface area contributed by atoms with Crippen molar-refractivity contribution in [2.24, 2.45) is 0 Å². The predicted octanol–water partition coefficient (Wildman–Crippen LogP) is -0.465. The second kappa shape index (κ2) is 4.01. The van der Waals surface area contributed by atoms with Crippen LogP contribution in [0.25, 0.3) is 0 Å². The van der Waals surface area contributed by atoms with Crippen molar-refractivity contribution < 1.29 is 10.0 Å². The fourth-order valence-corrected chi connectivity index (χ4v) is 0.182. The Morgan fingerprint density at radius 1 is 2.00 bits per heavy atom. The highest BCUT2D eigenvalue weighted by molar-refractivity contribution is 6.12. The molecule has 0 saturated heterocycles. The van der Waals surface area contributed by atoms with Gasteiger partial charge in [-0.15, -0.1) is 0 Å². The summed E-state index contributed by atoms with van der Waals surface area (Å²) in [6.07, 6.45) is 0.575. The molecule has 0 aromatic heterocycles. The molecule has 0 amide bonds. The number of hydrogen-bond acceptors (Lipinski definition) is 4. The molecule has 0 aliphatic rings. The van der Waals surface area contributed by atoms with E-state index in [2.05, 4.69) is 5.43 Å². The molecule has 42 valence electrons. The molecule has 0 aromatic carbocycles. The highest BCUT2D eigenvalue weighted by atomic mass is 35.5. The molecule has 7 heavy (non-hydrogen) atoms. The number of carbonyl (C=O) groups excluding carboxylic acids is 1. The summed E-state index contributed by atoms with van der Waals surface area (Å²) in [6.45, 7) is 0.0139. The van der Waals surface area contributed by atoms with Crippen molar-refractivity contribution in [2.45, 2.75) is 0 Å². The maximum atomic E-state index is 9.45. The standard InChI is InChI=1S/C2H5ClN2O2/c3-5(7)4-1-2-6/h2,4,7H,1H2. The molecule has 0 aromatic rings. The zero-order valence-electron chi connectivity index (χ0n) is 3.47. The fourth-order valence-electron chi connectivity index (χ4n) is 0.113. The van der Waals surface area contributed by atoms with Gasteiger partial charge in [-0.1, -0.05) is 0 Å². The Hall–Kier alpha value is -0.160. The van der Waals surface area contributed by atoms with Crippen molar-refractivity contribution >= 4 is 18.1 Å². The van der Waals surface area contributed by atoms with E-state index in [4.69, 9.17) is 17.0 Å². The molecule has 0 unspecified atom stereocenters. The third-order valence-corrected chi connectivity index (χ3v) is 0.425. The highest BCUT2D eigenvalue weighted by Crippen LogP contribution is 1.73. The predicted molar refractivity (Wildman–Crippen MR) is 23.5 cm³/mol. The van der Waals surface area contributed by atoms with Crippen molar-refractivity contribution in [1.82, 2.24) is 10.1 Å². The number of nitrogens with zero attached hydrogens (tertiary/aromatic N) is 1. The minimum absolute atomic E-state index is 0.0139. The molecule has 0 spiro atoms. The molecular weight excluding hydrogens is 119 g/mol. The first-order valence-electron chi connectivity index (χ1n) is 1.59. The van der Waals surface area contributed by atoms with Gasteiger partial charge in [-0.3, -0.25) is 5.21 Å². The van der Waals surface area contributed by atoms with Gasteiger partial charge in [-0.25, -0.2) is 5.43 Å². The van der Waals surface area contributed by atoms with Crippen LogP contribution in [-0.4, -0.2) is 22.7 Å². The van der Waals surface area contributed by atoms with Crippen LogP contribution in [0.15, 0.2) is 0 Å². The Morgan fingerprint density at radius 3 is 2.71 bits per heavy atom. The van der Waals surface area contributed by atoms with E-state index in [-0.39, 0.29) is 11.2 Å². The zero-order chi connectivity index (χ0) is 5.70. The van der Waals surface area contributed by atoms with Crippen LogP contribution in [-0.2, 0) is 4.79 Å². The Bertz CT molecular complexity index is 57.7. The van der Waals surface area contributed by atoms with Crippen LogP contribution in [0.4, 0.5) is 0 Å². The molecule has 0 radical (unpaired) electrons. The van der Waals surface area contributed by atoms with E-state index in [0.29, 0.717) is 6.29 Å². The quantitative estimate of drug-likeness (QED) is 0.304. The van der Waals surface area contributed by atoms with Crippen LogP contribution < -0.4 is 5.43 Å². The highest BCUT2D eigenvalue weighted by Gasteiger charge is 1.85. The topological polar surface area (TPSA) is 52.6 Å². The average Bonchev–Trinajstić information content (AvgIpc) is 1.61. The van der Waals surface area contributed by atoms with E-state index >= 15 is 0 Å². The Morgan fingerprint density at radius 2 is 2.57 bits per heavy atom. The molecule has 4 nitrogen and oxygen atoms in total. The fraction of sp³-hybridized carbons (Fsp3) is 0.500. The number of halogens is 1. The number of carbonyl (C=O) groups is 1. The largest absolute Gasteiger partial charge is 0.302 e. The summed E-state index contributed by atoms with van der Waals surface area (Å²) in [4.78, 5) is 9.45. The van der Waals surface area contributed by atoms with Gasteiger partial charge in [-0.2, -0.15) is 0 Å². The van der Waals surface area contributed by atoms with Crippen molar-refractivity contribution in [3.05, 3.63) is 0 Å². The lowest BCUT2D eigenvalue weighted by atomic mass is 10.8. The minimum Gasteiger partial charge on any atom is -0.302 e. The number of aldehydes is 1. The summed E-state index contributed by atoms with van der Waals surface area (Å²) in [6, 6.07) is 0. The van der Waals surface area contributed by atoms with E-state index in [0.717, 1.165) is 0 Å². The third-order valence-electron chi connectivity index (χ3n) is 0.305. The number of rotatable bonds is 3. The van der Waals surface area contributed by atoms with Crippen LogP contribution in [0.3, 0.4) is 0 Å². The van der Waals surface area contributed by atoms with Gasteiger partial charge in [0.1, 0.15) is 6.29 Å². The smallest absolute Gasteiger partial charge is 0.135 e. The van der Waals surface area contributed by atoms with Crippen LogP contribution in [0.2, 0.25) is 0 Å². The van der Waals surface area contributed by atoms with Crippen molar-refractivity contribution in [3.8, 4) is 0 Å². The van der Waals surface area contributed by atoms with Gasteiger partial charge < -0.3 is 4.79 Å². The van der Waals surface area contributed by atoms with Crippen molar-refractivity contribution in [3.63, 3.8) is 0 Å². The summed E-state index contributed by atoms with van der Waals surface area (Å²) in [5.41, 5.74) is 2.08. The molecule has 0 aliphatic heterocycles. The van der Waals surface area contributed by atoms with E-state index in [1.807, 2.05) is 0 Å². The molecule has 2 N–H and O–H groups in total. The molecular formula is C2H5ClN2O2. The summed E-state index contributed by atoms with van der Waals surface area (Å²) in [5, 5.41) is 8.01. The maximum absolute atomic E-state index is 9.45. The molecule has 0 fully saturated rings. The third kappa shape index (κ3) is 5.84. The summed E-state index contributed by atoms with van der Waals surface area (Å²) in [7, 11) is 0. The molecule has 5 heteroatoms. The van der Waals surface area contributed by atoms with E-state index in [1.165, 1.54) is 0 Å². The Labute approximate surface area is 45.7 Å². The number of hydrazine groups is 1. The molecule has 0 heterocycles. The van der Waals surface area contributed by atoms with Gasteiger partial charge >= 0.3 is 0 Å². The molecule has 0 saturated carbocycles. The first-order chi connectivity index (χ1) is 3.27. The number of nitrogens with one attached hydrogen (secondary N) is 1.